The van der Waals surface area contributed by atoms with Crippen LogP contribution in [0.4, 0.5) is 0 Å². The Morgan fingerprint density at radius 1 is 1.13 bits per heavy atom. The van der Waals surface area contributed by atoms with Crippen LogP contribution in [0.3, 0.4) is 0 Å². The molecule has 46 heavy (non-hydrogen) atoms. The lowest BCUT2D eigenvalue weighted by molar-refractivity contribution is -0.410. The summed E-state index contributed by atoms with van der Waals surface area (Å²) in [5, 5.41) is 62.6. The number of aliphatic hydroxyl groups excluding tert-OH is 4. The van der Waals surface area contributed by atoms with Crippen molar-refractivity contribution in [1.29, 1.82) is 0 Å². The Morgan fingerprint density at radius 2 is 1.83 bits per heavy atom. The van der Waals surface area contributed by atoms with E-state index in [0.29, 0.717) is 0 Å². The number of carbonyl (C=O) groups excluding carboxylic acids is 2. The zero-order valence-corrected chi connectivity index (χ0v) is 26.3. The monoisotopic (exact) mass is 650 g/mol. The highest BCUT2D eigenvalue weighted by atomic mass is 16.8. The van der Waals surface area contributed by atoms with Crippen LogP contribution >= 0.6 is 0 Å². The van der Waals surface area contributed by atoms with Crippen LogP contribution in [-0.4, -0.2) is 103 Å². The predicted molar refractivity (Wildman–Crippen MR) is 152 cm³/mol. The summed E-state index contributed by atoms with van der Waals surface area (Å²) in [5.41, 5.74) is -6.68. The molecule has 13 atom stereocenters. The number of esters is 1. The Labute approximate surface area is 264 Å². The largest absolute Gasteiger partial charge is 0.478 e. The molecule has 2 aliphatic carbocycles. The molecule has 1 aromatic rings. The van der Waals surface area contributed by atoms with Gasteiger partial charge in [0.05, 0.1) is 34.9 Å². The minimum Gasteiger partial charge on any atom is -0.478 e. The van der Waals surface area contributed by atoms with E-state index in [1.165, 1.54) is 24.7 Å². The number of carboxylic acids is 1. The average molecular weight is 651 g/mol. The van der Waals surface area contributed by atoms with Gasteiger partial charge in [0, 0.05) is 18.4 Å². The number of carboxylic acid groups (broad SMARTS) is 1. The summed E-state index contributed by atoms with van der Waals surface area (Å²) in [6.45, 7) is 7.69. The zero-order valence-electron chi connectivity index (χ0n) is 26.3. The highest BCUT2D eigenvalue weighted by Gasteiger charge is 2.91. The molecule has 0 bridgehead atoms. The Kier molecular flexibility index (Phi) is 7.51. The van der Waals surface area contributed by atoms with E-state index in [2.05, 4.69) is 0 Å². The Balaban J connectivity index is 1.52. The van der Waals surface area contributed by atoms with Crippen molar-refractivity contribution in [3.63, 3.8) is 0 Å². The molecule has 3 saturated heterocycles. The first-order chi connectivity index (χ1) is 21.4. The van der Waals surface area contributed by atoms with E-state index in [9.17, 15) is 45.0 Å². The van der Waals surface area contributed by atoms with E-state index in [1.807, 2.05) is 6.92 Å². The second kappa shape index (κ2) is 10.4. The molecule has 1 spiro atoms. The summed E-state index contributed by atoms with van der Waals surface area (Å²) < 4.78 is 30.0. The summed E-state index contributed by atoms with van der Waals surface area (Å²) >= 11 is 0. The van der Waals surface area contributed by atoms with Crippen molar-refractivity contribution in [2.24, 2.45) is 28.1 Å². The van der Waals surface area contributed by atoms with E-state index in [1.54, 1.807) is 27.7 Å². The van der Waals surface area contributed by atoms with Gasteiger partial charge in [-0.3, -0.25) is 4.79 Å². The van der Waals surface area contributed by atoms with Gasteiger partial charge in [-0.2, -0.15) is 0 Å². The molecule has 6 rings (SSSR count). The number of epoxide rings is 1. The lowest BCUT2D eigenvalue weighted by Crippen LogP contribution is -2.75. The Bertz CT molecular complexity index is 1430. The Hall–Kier alpha value is -2.69. The van der Waals surface area contributed by atoms with E-state index in [0.717, 1.165) is 6.08 Å². The maximum absolute atomic E-state index is 14.6. The molecule has 6 N–H and O–H groups in total. The lowest BCUT2D eigenvalue weighted by atomic mass is 9.37. The third kappa shape index (κ3) is 4.08. The fraction of sp³-hybridized carbons (Fsp3) is 0.719. The summed E-state index contributed by atoms with van der Waals surface area (Å²) in [6.07, 6.45) is -4.17. The number of cyclic esters (lactones) is 1. The molecule has 0 aromatic carbocycles. The third-order valence-corrected chi connectivity index (χ3v) is 12.0. The SMILES string of the molecule is CC(C)(O)[C@@H]1CC(=O)[C@]2(C)[C@H](CC[C@@]3(C)[C@](O[C@@H]4O[C@H](CO)[C@@H](O)[C@H](O)[C@H]4O)(c4ccoc4)OC(=O)[C@H]4O[C@]432)[C@@]1(C)/C=C\C(=O)O. The zero-order chi connectivity index (χ0) is 33.8. The van der Waals surface area contributed by atoms with E-state index >= 15 is 0 Å². The van der Waals surface area contributed by atoms with Crippen molar-refractivity contribution < 1.29 is 68.4 Å². The number of fused-ring (bicyclic) bond motifs is 1. The molecule has 3 aliphatic heterocycles. The van der Waals surface area contributed by atoms with Gasteiger partial charge in [0.1, 0.15) is 42.1 Å². The van der Waals surface area contributed by atoms with Gasteiger partial charge < -0.3 is 54.0 Å². The highest BCUT2D eigenvalue weighted by molar-refractivity contribution is 5.93. The number of furan rings is 1. The van der Waals surface area contributed by atoms with Crippen LogP contribution < -0.4 is 0 Å². The normalized spacial score (nSPS) is 48.7. The van der Waals surface area contributed by atoms with Gasteiger partial charge in [0.25, 0.3) is 5.79 Å². The van der Waals surface area contributed by atoms with Crippen molar-refractivity contribution in [2.45, 2.75) is 108 Å². The van der Waals surface area contributed by atoms with Crippen LogP contribution in [0.2, 0.25) is 0 Å². The van der Waals surface area contributed by atoms with E-state index in [-0.39, 0.29) is 30.6 Å². The smallest absolute Gasteiger partial charge is 0.341 e. The number of carbonyl (C=O) groups is 3. The van der Waals surface area contributed by atoms with Crippen molar-refractivity contribution >= 4 is 17.7 Å². The van der Waals surface area contributed by atoms with Gasteiger partial charge in [-0.25, -0.2) is 9.59 Å². The second-order valence-electron chi connectivity index (χ2n) is 14.6. The first-order valence-corrected chi connectivity index (χ1v) is 15.4. The van der Waals surface area contributed by atoms with Crippen molar-refractivity contribution in [3.05, 3.63) is 36.3 Å². The minimum absolute atomic E-state index is 0.147. The van der Waals surface area contributed by atoms with Crippen LogP contribution in [0.15, 0.2) is 35.2 Å². The second-order valence-corrected chi connectivity index (χ2v) is 14.6. The molecule has 4 heterocycles. The number of Topliss-reactive ketones (excluding diaryl/α,β-unsaturated/α-hetero) is 1. The molecule has 14 nitrogen and oxygen atoms in total. The number of allylic oxidation sites excluding steroid dienone is 1. The predicted octanol–water partition coefficient (Wildman–Crippen LogP) is 0.373. The lowest BCUT2D eigenvalue weighted by Gasteiger charge is -2.66. The summed E-state index contributed by atoms with van der Waals surface area (Å²) in [4.78, 5) is 40.2. The highest BCUT2D eigenvalue weighted by Crippen LogP contribution is 2.79. The maximum Gasteiger partial charge on any atom is 0.341 e. The fourth-order valence-corrected chi connectivity index (χ4v) is 9.70. The first-order valence-electron chi connectivity index (χ1n) is 15.4. The molecule has 5 aliphatic rings. The first kappa shape index (κ1) is 33.2. The van der Waals surface area contributed by atoms with Gasteiger partial charge in [-0.1, -0.05) is 13.0 Å². The molecular formula is C32H42O14. The minimum atomic E-state index is -2.15. The molecule has 0 unspecified atom stereocenters. The standard InChI is InChI=1S/C32H42O14/c1-27(2,41)18-12-19(34)30(5)17(28(18,3)9-7-20(35)36)6-10-29(4)31(30)24(44-31)25(40)45-32(29,15-8-11-42-14-15)46-26-23(39)22(38)21(37)16(13-33)43-26/h7-9,11,14,16-18,21-24,26,33,37-39,41H,6,10,12-13H2,1-5H3,(H,35,36)/b9-7-/t16-,17-,18+,21-,22+,23-,24-,26+,28-,29-,30+,31-,32-/m1/s1. The topological polar surface area (TPSA) is 226 Å². The van der Waals surface area contributed by atoms with Crippen LogP contribution in [0.1, 0.15) is 59.4 Å². The van der Waals surface area contributed by atoms with Crippen molar-refractivity contribution in [3.8, 4) is 0 Å². The van der Waals surface area contributed by atoms with Crippen LogP contribution in [0.5, 0.6) is 0 Å². The van der Waals surface area contributed by atoms with Gasteiger partial charge in [-0.15, -0.1) is 0 Å². The van der Waals surface area contributed by atoms with Gasteiger partial charge in [0.15, 0.2) is 12.4 Å². The van der Waals surface area contributed by atoms with Crippen LogP contribution in [0.25, 0.3) is 0 Å². The van der Waals surface area contributed by atoms with Crippen LogP contribution in [0, 0.1) is 28.1 Å². The number of hydrogen-bond donors (Lipinski definition) is 6. The number of ether oxygens (including phenoxy) is 4. The quantitative estimate of drug-likeness (QED) is 0.133. The molecule has 14 heteroatoms. The van der Waals surface area contributed by atoms with Crippen molar-refractivity contribution in [1.82, 2.24) is 0 Å². The summed E-state index contributed by atoms with van der Waals surface area (Å²) in [7, 11) is 0. The molecule has 1 aromatic heterocycles. The number of aliphatic hydroxyl groups is 5. The molecule has 0 radical (unpaired) electrons. The van der Waals surface area contributed by atoms with Gasteiger partial charge in [-0.05, 0) is 57.9 Å². The molecule has 254 valence electrons. The number of aliphatic carboxylic acids is 1. The van der Waals surface area contributed by atoms with E-state index < -0.39 is 100 Å². The maximum atomic E-state index is 14.6. The average Bonchev–Trinajstić information content (AvgIpc) is 3.53. The van der Waals surface area contributed by atoms with Crippen molar-refractivity contribution in [2.75, 3.05) is 6.61 Å². The number of rotatable bonds is 7. The van der Waals surface area contributed by atoms with Crippen LogP contribution in [-0.2, 0) is 39.1 Å². The van der Waals surface area contributed by atoms with Gasteiger partial charge >= 0.3 is 11.9 Å². The fourth-order valence-electron chi connectivity index (χ4n) is 9.70. The number of ketones is 1. The van der Waals surface area contributed by atoms with Gasteiger partial charge in [0.2, 0.25) is 0 Å². The van der Waals surface area contributed by atoms with E-state index in [4.69, 9.17) is 23.4 Å². The number of hydrogen-bond acceptors (Lipinski definition) is 13. The third-order valence-electron chi connectivity index (χ3n) is 12.0. The molecular weight excluding hydrogens is 608 g/mol. The molecule has 0 amide bonds. The Morgan fingerprint density at radius 3 is 2.41 bits per heavy atom. The molecule has 5 fully saturated rings. The summed E-state index contributed by atoms with van der Waals surface area (Å²) in [5.74, 6) is -5.80. The molecule has 2 saturated carbocycles. The summed E-state index contributed by atoms with van der Waals surface area (Å²) in [6, 6.07) is 1.49.